The third-order valence-electron chi connectivity index (χ3n) is 3.28. The van der Waals surface area contributed by atoms with Gasteiger partial charge in [-0.3, -0.25) is 9.89 Å². The van der Waals surface area contributed by atoms with Crippen molar-refractivity contribution in [2.45, 2.75) is 0 Å². The lowest BCUT2D eigenvalue weighted by Crippen LogP contribution is -2.17. The third kappa shape index (κ3) is 4.39. The molecule has 1 amide bonds. The standard InChI is InChI=1S/C17H11Cl3N4O/c18-11-3-1-10(2-4-11)9-21-24-17(25)16-8-15(22-23-16)13-6-5-12(19)7-14(13)20/h1-9H,(H,22,23)(H,24,25)/b21-9+. The van der Waals surface area contributed by atoms with Crippen molar-refractivity contribution in [1.29, 1.82) is 0 Å². The van der Waals surface area contributed by atoms with Gasteiger partial charge in [-0.05, 0) is 42.0 Å². The summed E-state index contributed by atoms with van der Waals surface area (Å²) in [7, 11) is 0. The fourth-order valence-corrected chi connectivity index (χ4v) is 2.68. The maximum absolute atomic E-state index is 12.1. The summed E-state index contributed by atoms with van der Waals surface area (Å²) in [6.07, 6.45) is 1.52. The van der Waals surface area contributed by atoms with E-state index in [-0.39, 0.29) is 5.69 Å². The average molecular weight is 394 g/mol. The van der Waals surface area contributed by atoms with Crippen LogP contribution in [0.25, 0.3) is 11.3 Å². The predicted molar refractivity (Wildman–Crippen MR) is 101 cm³/mol. The number of nitrogens with zero attached hydrogens (tertiary/aromatic N) is 2. The van der Waals surface area contributed by atoms with Gasteiger partial charge in [-0.25, -0.2) is 5.43 Å². The molecule has 0 saturated heterocycles. The number of carbonyl (C=O) groups excluding carboxylic acids is 1. The topological polar surface area (TPSA) is 70.1 Å². The SMILES string of the molecule is O=C(N/N=C/c1ccc(Cl)cc1)c1cc(-c2ccc(Cl)cc2Cl)n[nH]1. The molecule has 0 aliphatic rings. The summed E-state index contributed by atoms with van der Waals surface area (Å²) in [4.78, 5) is 12.1. The first-order chi connectivity index (χ1) is 12.0. The molecule has 0 radical (unpaired) electrons. The highest BCUT2D eigenvalue weighted by Crippen LogP contribution is 2.29. The molecule has 1 aromatic heterocycles. The molecule has 2 aromatic carbocycles. The first kappa shape index (κ1) is 17.5. The number of halogens is 3. The smallest absolute Gasteiger partial charge is 0.272 e. The minimum Gasteiger partial charge on any atom is -0.272 e. The Hall–Kier alpha value is -2.34. The van der Waals surface area contributed by atoms with Gasteiger partial charge in [0.15, 0.2) is 0 Å². The summed E-state index contributed by atoms with van der Waals surface area (Å²) in [6, 6.07) is 13.7. The van der Waals surface area contributed by atoms with Crippen molar-refractivity contribution in [1.82, 2.24) is 15.6 Å². The average Bonchev–Trinajstić information content (AvgIpc) is 3.06. The number of amides is 1. The summed E-state index contributed by atoms with van der Waals surface area (Å²) in [5.74, 6) is -0.422. The van der Waals surface area contributed by atoms with Crippen molar-refractivity contribution in [3.8, 4) is 11.3 Å². The van der Waals surface area contributed by atoms with E-state index in [1.165, 1.54) is 6.21 Å². The van der Waals surface area contributed by atoms with Crippen LogP contribution in [0.2, 0.25) is 15.1 Å². The summed E-state index contributed by atoms with van der Waals surface area (Å²) >= 11 is 17.8. The second kappa shape index (κ2) is 7.70. The minimum atomic E-state index is -0.422. The van der Waals surface area contributed by atoms with E-state index >= 15 is 0 Å². The van der Waals surface area contributed by atoms with Crippen LogP contribution in [-0.2, 0) is 0 Å². The Morgan fingerprint density at radius 1 is 1.04 bits per heavy atom. The van der Waals surface area contributed by atoms with Crippen molar-refractivity contribution in [2.24, 2.45) is 5.10 Å². The van der Waals surface area contributed by atoms with Crippen molar-refractivity contribution in [3.63, 3.8) is 0 Å². The Morgan fingerprint density at radius 3 is 2.48 bits per heavy atom. The van der Waals surface area contributed by atoms with Gasteiger partial charge in [-0.1, -0.05) is 46.9 Å². The number of hydrogen-bond donors (Lipinski definition) is 2. The maximum atomic E-state index is 12.1. The van der Waals surface area contributed by atoms with E-state index in [9.17, 15) is 4.79 Å². The predicted octanol–water partition coefficient (Wildman–Crippen LogP) is 4.80. The normalized spacial score (nSPS) is 11.0. The van der Waals surface area contributed by atoms with Crippen molar-refractivity contribution in [2.75, 3.05) is 0 Å². The fraction of sp³-hybridized carbons (Fsp3) is 0. The molecule has 1 heterocycles. The highest BCUT2D eigenvalue weighted by atomic mass is 35.5. The zero-order valence-electron chi connectivity index (χ0n) is 12.6. The molecule has 0 fully saturated rings. The van der Waals surface area contributed by atoms with Crippen LogP contribution in [0.4, 0.5) is 0 Å². The van der Waals surface area contributed by atoms with E-state index in [1.54, 1.807) is 48.5 Å². The molecule has 3 rings (SSSR count). The van der Waals surface area contributed by atoms with Gasteiger partial charge in [0.25, 0.3) is 5.91 Å². The van der Waals surface area contributed by atoms with Crippen LogP contribution in [0.3, 0.4) is 0 Å². The zero-order valence-corrected chi connectivity index (χ0v) is 14.9. The molecular formula is C17H11Cl3N4O. The molecule has 25 heavy (non-hydrogen) atoms. The van der Waals surface area contributed by atoms with Crippen molar-refractivity contribution >= 4 is 46.9 Å². The third-order valence-corrected chi connectivity index (χ3v) is 4.08. The van der Waals surface area contributed by atoms with Crippen LogP contribution in [0.1, 0.15) is 16.1 Å². The second-order valence-corrected chi connectivity index (χ2v) is 6.32. The zero-order chi connectivity index (χ0) is 17.8. The van der Waals surface area contributed by atoms with E-state index in [0.717, 1.165) is 5.56 Å². The number of rotatable bonds is 4. The molecule has 8 heteroatoms. The Morgan fingerprint density at radius 2 is 1.76 bits per heavy atom. The first-order valence-electron chi connectivity index (χ1n) is 7.13. The van der Waals surface area contributed by atoms with Crippen molar-refractivity contribution < 1.29 is 4.79 Å². The van der Waals surface area contributed by atoms with Gasteiger partial charge in [0, 0.05) is 15.6 Å². The van der Waals surface area contributed by atoms with Gasteiger partial charge in [0.1, 0.15) is 5.69 Å². The Balaban J connectivity index is 1.69. The fourth-order valence-electron chi connectivity index (χ4n) is 2.05. The number of hydrogen-bond acceptors (Lipinski definition) is 3. The van der Waals surface area contributed by atoms with E-state index in [2.05, 4.69) is 20.7 Å². The van der Waals surface area contributed by atoms with Crippen molar-refractivity contribution in [3.05, 3.63) is 74.9 Å². The quantitative estimate of drug-likeness (QED) is 0.494. The van der Waals surface area contributed by atoms with E-state index < -0.39 is 5.91 Å². The van der Waals surface area contributed by atoms with Gasteiger partial charge in [0.2, 0.25) is 0 Å². The molecule has 0 spiro atoms. The largest absolute Gasteiger partial charge is 0.289 e. The van der Waals surface area contributed by atoms with E-state index in [1.807, 2.05) is 0 Å². The number of H-pyrrole nitrogens is 1. The van der Waals surface area contributed by atoms with Crippen LogP contribution < -0.4 is 5.43 Å². The molecule has 3 aromatic rings. The molecular weight excluding hydrogens is 383 g/mol. The molecule has 126 valence electrons. The molecule has 5 nitrogen and oxygen atoms in total. The van der Waals surface area contributed by atoms with Gasteiger partial charge >= 0.3 is 0 Å². The maximum Gasteiger partial charge on any atom is 0.289 e. The number of aromatic nitrogens is 2. The molecule has 0 bridgehead atoms. The summed E-state index contributed by atoms with van der Waals surface area (Å²) in [5.41, 5.74) is 4.70. The lowest BCUT2D eigenvalue weighted by molar-refractivity contribution is 0.0950. The Kier molecular flexibility index (Phi) is 5.38. The number of nitrogens with one attached hydrogen (secondary N) is 2. The van der Waals surface area contributed by atoms with Crippen LogP contribution in [0, 0.1) is 0 Å². The number of benzene rings is 2. The molecule has 0 unspecified atom stereocenters. The summed E-state index contributed by atoms with van der Waals surface area (Å²) in [5, 5.41) is 12.3. The lowest BCUT2D eigenvalue weighted by Gasteiger charge is -2.00. The lowest BCUT2D eigenvalue weighted by atomic mass is 10.1. The first-order valence-corrected chi connectivity index (χ1v) is 8.26. The Labute approximate surface area is 158 Å². The summed E-state index contributed by atoms with van der Waals surface area (Å²) in [6.45, 7) is 0. The minimum absolute atomic E-state index is 0.259. The van der Waals surface area contributed by atoms with Gasteiger partial charge in [-0.15, -0.1) is 0 Å². The van der Waals surface area contributed by atoms with Crippen LogP contribution in [-0.4, -0.2) is 22.3 Å². The Bertz CT molecular complexity index is 935. The molecule has 0 aliphatic carbocycles. The summed E-state index contributed by atoms with van der Waals surface area (Å²) < 4.78 is 0. The molecule has 0 saturated carbocycles. The second-order valence-electron chi connectivity index (χ2n) is 5.04. The molecule has 2 N–H and O–H groups in total. The van der Waals surface area contributed by atoms with Crippen LogP contribution in [0.15, 0.2) is 53.6 Å². The highest BCUT2D eigenvalue weighted by Gasteiger charge is 2.12. The molecule has 0 atom stereocenters. The van der Waals surface area contributed by atoms with Gasteiger partial charge in [0.05, 0.1) is 16.9 Å². The van der Waals surface area contributed by atoms with Gasteiger partial charge < -0.3 is 0 Å². The highest BCUT2D eigenvalue weighted by molar-refractivity contribution is 6.36. The van der Waals surface area contributed by atoms with Crippen LogP contribution in [0.5, 0.6) is 0 Å². The van der Waals surface area contributed by atoms with E-state index in [4.69, 9.17) is 34.8 Å². The number of aromatic amines is 1. The van der Waals surface area contributed by atoms with E-state index in [0.29, 0.717) is 26.3 Å². The van der Waals surface area contributed by atoms with Gasteiger partial charge in [-0.2, -0.15) is 10.2 Å². The van der Waals surface area contributed by atoms with Crippen LogP contribution >= 0.6 is 34.8 Å². The molecule has 0 aliphatic heterocycles. The number of carbonyl (C=O) groups is 1. The monoisotopic (exact) mass is 392 g/mol. The number of hydrazone groups is 1.